The van der Waals surface area contributed by atoms with Crippen LogP contribution in [0.2, 0.25) is 0 Å². The van der Waals surface area contributed by atoms with Gasteiger partial charge in [-0.3, -0.25) is 4.90 Å². The van der Waals surface area contributed by atoms with E-state index in [9.17, 15) is 0 Å². The molecule has 0 amide bonds. The maximum absolute atomic E-state index is 6.46. The van der Waals surface area contributed by atoms with Gasteiger partial charge in [-0.25, -0.2) is 0 Å². The van der Waals surface area contributed by atoms with Crippen LogP contribution in [0.3, 0.4) is 0 Å². The minimum absolute atomic E-state index is 0.151. The van der Waals surface area contributed by atoms with Crippen LogP contribution < -0.4 is 5.73 Å². The summed E-state index contributed by atoms with van der Waals surface area (Å²) in [5.74, 6) is 0. The molecule has 0 spiro atoms. The first-order valence-electron chi connectivity index (χ1n) is 6.76. The molecule has 2 aliphatic rings. The van der Waals surface area contributed by atoms with Gasteiger partial charge in [0.25, 0.3) is 0 Å². The van der Waals surface area contributed by atoms with Crippen LogP contribution in [0.25, 0.3) is 0 Å². The minimum atomic E-state index is 0.151. The van der Waals surface area contributed by atoms with Crippen molar-refractivity contribution < 1.29 is 0 Å². The summed E-state index contributed by atoms with van der Waals surface area (Å²) < 4.78 is 0. The summed E-state index contributed by atoms with van der Waals surface area (Å²) in [6.07, 6.45) is 10.9. The van der Waals surface area contributed by atoms with Crippen LogP contribution in [0.1, 0.15) is 58.3 Å². The van der Waals surface area contributed by atoms with Crippen molar-refractivity contribution in [1.29, 1.82) is 0 Å². The average Bonchev–Trinajstić information content (AvgIpc) is 2.85. The van der Waals surface area contributed by atoms with Gasteiger partial charge >= 0.3 is 0 Å². The van der Waals surface area contributed by atoms with Gasteiger partial charge in [0.15, 0.2) is 0 Å². The van der Waals surface area contributed by atoms with E-state index in [2.05, 4.69) is 11.8 Å². The summed E-state index contributed by atoms with van der Waals surface area (Å²) in [6.45, 7) is 4.62. The summed E-state index contributed by atoms with van der Waals surface area (Å²) in [5.41, 5.74) is 6.61. The third-order valence-electron chi connectivity index (χ3n) is 4.36. The van der Waals surface area contributed by atoms with E-state index in [0.29, 0.717) is 0 Å². The second-order valence-electron chi connectivity index (χ2n) is 5.57. The molecule has 15 heavy (non-hydrogen) atoms. The van der Waals surface area contributed by atoms with Crippen LogP contribution in [-0.4, -0.2) is 29.6 Å². The van der Waals surface area contributed by atoms with Gasteiger partial charge in [0.1, 0.15) is 0 Å². The average molecular weight is 210 g/mol. The predicted octanol–water partition coefficient (Wildman–Crippen LogP) is 2.52. The highest BCUT2D eigenvalue weighted by molar-refractivity contribution is 4.93. The van der Waals surface area contributed by atoms with Crippen molar-refractivity contribution in [2.75, 3.05) is 13.1 Å². The molecule has 2 N–H and O–H groups in total. The number of likely N-dealkylation sites (N-methyl/N-ethyl adjacent to an activating group) is 1. The van der Waals surface area contributed by atoms with Crippen LogP contribution in [0.15, 0.2) is 0 Å². The summed E-state index contributed by atoms with van der Waals surface area (Å²) >= 11 is 0. The molecular formula is C13H26N2. The molecule has 2 nitrogen and oxygen atoms in total. The Bertz CT molecular complexity index is 191. The van der Waals surface area contributed by atoms with Crippen LogP contribution in [-0.2, 0) is 0 Å². The third kappa shape index (κ3) is 2.73. The van der Waals surface area contributed by atoms with E-state index in [4.69, 9.17) is 5.73 Å². The first kappa shape index (κ1) is 11.4. The molecule has 2 saturated carbocycles. The molecule has 0 aliphatic heterocycles. The van der Waals surface area contributed by atoms with Crippen molar-refractivity contribution in [2.45, 2.75) is 69.9 Å². The third-order valence-corrected chi connectivity index (χ3v) is 4.36. The maximum Gasteiger partial charge on any atom is 0.0283 e. The molecule has 2 rings (SSSR count). The second-order valence-corrected chi connectivity index (χ2v) is 5.57. The number of nitrogens with two attached hydrogens (primary N) is 1. The Kier molecular flexibility index (Phi) is 3.68. The number of nitrogens with zero attached hydrogens (tertiary/aromatic N) is 1. The van der Waals surface area contributed by atoms with Crippen molar-refractivity contribution in [3.8, 4) is 0 Å². The lowest BCUT2D eigenvalue weighted by atomic mass is 9.97. The van der Waals surface area contributed by atoms with Crippen molar-refractivity contribution in [1.82, 2.24) is 4.90 Å². The molecule has 0 saturated heterocycles. The number of hydrogen-bond donors (Lipinski definition) is 1. The highest BCUT2D eigenvalue weighted by atomic mass is 15.2. The van der Waals surface area contributed by atoms with Gasteiger partial charge in [-0.1, -0.05) is 32.6 Å². The fourth-order valence-electron chi connectivity index (χ4n) is 3.41. The lowest BCUT2D eigenvalue weighted by molar-refractivity contribution is 0.161. The van der Waals surface area contributed by atoms with Crippen LogP contribution in [0, 0.1) is 0 Å². The van der Waals surface area contributed by atoms with Crippen molar-refractivity contribution in [3.63, 3.8) is 0 Å². The van der Waals surface area contributed by atoms with Gasteiger partial charge in [-0.15, -0.1) is 0 Å². The van der Waals surface area contributed by atoms with Gasteiger partial charge < -0.3 is 5.73 Å². The topological polar surface area (TPSA) is 29.3 Å². The molecule has 0 radical (unpaired) electrons. The Balaban J connectivity index is 1.89. The quantitative estimate of drug-likeness (QED) is 0.772. The standard InChI is InChI=1S/C13H26N2/c1-2-15(12-7-3-4-8-12)11-13(14)9-5-6-10-13/h12H,2-11,14H2,1H3. The number of hydrogen-bond acceptors (Lipinski definition) is 2. The lowest BCUT2D eigenvalue weighted by Gasteiger charge is -2.35. The fraction of sp³-hybridized carbons (Fsp3) is 1.00. The molecule has 0 atom stereocenters. The van der Waals surface area contributed by atoms with Gasteiger partial charge in [-0.2, -0.15) is 0 Å². The van der Waals surface area contributed by atoms with Gasteiger partial charge in [0.05, 0.1) is 0 Å². The molecule has 88 valence electrons. The first-order valence-corrected chi connectivity index (χ1v) is 6.76. The Labute approximate surface area is 94.2 Å². The van der Waals surface area contributed by atoms with Gasteiger partial charge in [0.2, 0.25) is 0 Å². The van der Waals surface area contributed by atoms with E-state index in [0.717, 1.165) is 12.6 Å². The van der Waals surface area contributed by atoms with Gasteiger partial charge in [0, 0.05) is 18.1 Å². The van der Waals surface area contributed by atoms with Crippen molar-refractivity contribution in [2.24, 2.45) is 5.73 Å². The molecule has 0 unspecified atom stereocenters. The zero-order chi connectivity index (χ0) is 10.7. The molecule has 2 fully saturated rings. The molecule has 0 heterocycles. The molecule has 2 heteroatoms. The minimum Gasteiger partial charge on any atom is -0.324 e. The van der Waals surface area contributed by atoms with Crippen molar-refractivity contribution >= 4 is 0 Å². The Morgan fingerprint density at radius 2 is 1.73 bits per heavy atom. The molecule has 0 aromatic heterocycles. The normalized spacial score (nSPS) is 26.6. The van der Waals surface area contributed by atoms with E-state index in [-0.39, 0.29) is 5.54 Å². The highest BCUT2D eigenvalue weighted by Crippen LogP contribution is 2.31. The summed E-state index contributed by atoms with van der Waals surface area (Å²) in [4.78, 5) is 2.65. The van der Waals surface area contributed by atoms with Crippen LogP contribution in [0.5, 0.6) is 0 Å². The Morgan fingerprint density at radius 3 is 2.27 bits per heavy atom. The largest absolute Gasteiger partial charge is 0.324 e. The van der Waals surface area contributed by atoms with E-state index in [1.54, 1.807) is 0 Å². The Hall–Kier alpha value is -0.0800. The summed E-state index contributed by atoms with van der Waals surface area (Å²) in [7, 11) is 0. The molecule has 0 aromatic carbocycles. The molecule has 0 aromatic rings. The van der Waals surface area contributed by atoms with Crippen LogP contribution >= 0.6 is 0 Å². The van der Waals surface area contributed by atoms with E-state index in [1.807, 2.05) is 0 Å². The molecule has 2 aliphatic carbocycles. The molecular weight excluding hydrogens is 184 g/mol. The summed E-state index contributed by atoms with van der Waals surface area (Å²) in [5, 5.41) is 0. The van der Waals surface area contributed by atoms with Crippen molar-refractivity contribution in [3.05, 3.63) is 0 Å². The van der Waals surface area contributed by atoms with Gasteiger partial charge in [-0.05, 0) is 32.2 Å². The fourth-order valence-corrected chi connectivity index (χ4v) is 3.41. The SMILES string of the molecule is CCN(CC1(N)CCCC1)C1CCCC1. The number of rotatable bonds is 4. The van der Waals surface area contributed by atoms with E-state index in [1.165, 1.54) is 57.9 Å². The monoisotopic (exact) mass is 210 g/mol. The van der Waals surface area contributed by atoms with E-state index < -0.39 is 0 Å². The predicted molar refractivity (Wildman–Crippen MR) is 64.9 cm³/mol. The highest BCUT2D eigenvalue weighted by Gasteiger charge is 2.33. The zero-order valence-electron chi connectivity index (χ0n) is 10.2. The smallest absolute Gasteiger partial charge is 0.0283 e. The second kappa shape index (κ2) is 4.84. The maximum atomic E-state index is 6.46. The first-order chi connectivity index (χ1) is 7.23. The summed E-state index contributed by atoms with van der Waals surface area (Å²) in [6, 6.07) is 0.844. The van der Waals surface area contributed by atoms with E-state index >= 15 is 0 Å². The van der Waals surface area contributed by atoms with Crippen LogP contribution in [0.4, 0.5) is 0 Å². The lowest BCUT2D eigenvalue weighted by Crippen LogP contribution is -2.50. The Morgan fingerprint density at radius 1 is 1.13 bits per heavy atom. The molecule has 0 bridgehead atoms. The zero-order valence-corrected chi connectivity index (χ0v) is 10.2.